The second-order valence-electron chi connectivity index (χ2n) is 27.0. The van der Waals surface area contributed by atoms with Crippen molar-refractivity contribution < 1.29 is 106 Å². The van der Waals surface area contributed by atoms with Crippen molar-refractivity contribution in [3.05, 3.63) is 195 Å². The zero-order valence-corrected chi connectivity index (χ0v) is 55.9. The van der Waals surface area contributed by atoms with E-state index in [1.807, 2.05) is 12.1 Å². The lowest BCUT2D eigenvalue weighted by Crippen LogP contribution is -2.82. The molecule has 0 spiro atoms. The van der Waals surface area contributed by atoms with Gasteiger partial charge in [0, 0.05) is 55.7 Å². The third-order valence-electron chi connectivity index (χ3n) is 21.2. The maximum atomic E-state index is 16.0. The number of carbonyl (C=O) groups excluding carboxylic acids is 8. The number of aliphatic hydroxyl groups is 2. The zero-order valence-electron chi connectivity index (χ0n) is 55.9. The number of nitrogens with zero attached hydrogens (tertiary/aromatic N) is 1. The van der Waals surface area contributed by atoms with Gasteiger partial charge in [-0.25, -0.2) is 14.4 Å². The molecule has 24 heteroatoms. The lowest BCUT2D eigenvalue weighted by molar-refractivity contribution is -0.346. The average molecular weight is 1370 g/mol. The molecule has 4 fully saturated rings. The van der Waals surface area contributed by atoms with E-state index < -0.39 is 148 Å². The number of ketones is 1. The second-order valence-corrected chi connectivity index (χ2v) is 27.0. The highest BCUT2D eigenvalue weighted by atomic mass is 16.7. The van der Waals surface area contributed by atoms with E-state index in [0.717, 1.165) is 13.8 Å². The number of rotatable bonds is 17. The first-order valence-electron chi connectivity index (χ1n) is 32.7. The number of Topliss-reactive ketones (excluding diaryl/α,β-unsaturated/α-hetero) is 1. The summed E-state index contributed by atoms with van der Waals surface area (Å²) in [5.74, 6) is -9.83. The first kappa shape index (κ1) is 68.1. The molecule has 520 valence electrons. The van der Waals surface area contributed by atoms with Crippen LogP contribution in [0.2, 0.25) is 0 Å². The lowest BCUT2D eigenvalue weighted by Gasteiger charge is -2.67. The molecule has 6 aromatic rings. The topological polar surface area (TPSA) is 323 Å². The number of aromatic hydroxyl groups is 1. The molecule has 2 saturated carbocycles. The Morgan fingerprint density at radius 3 is 1.94 bits per heavy atom. The summed E-state index contributed by atoms with van der Waals surface area (Å²) in [6.45, 7) is 7.76. The predicted molar refractivity (Wildman–Crippen MR) is 351 cm³/mol. The number of hydrogen-bond donors (Lipinski definition) is 4. The molecule has 100 heavy (non-hydrogen) atoms. The molecule has 1 unspecified atom stereocenters. The Morgan fingerprint density at radius 1 is 0.730 bits per heavy atom. The number of phenols is 1. The van der Waals surface area contributed by atoms with E-state index in [1.165, 1.54) is 66.2 Å². The van der Waals surface area contributed by atoms with Crippen molar-refractivity contribution >= 4 is 53.7 Å². The molecule has 2 bridgehead atoms. The Kier molecular flexibility index (Phi) is 17.9. The monoisotopic (exact) mass is 1370 g/mol. The Morgan fingerprint density at radius 2 is 1.34 bits per heavy atom. The first-order valence-corrected chi connectivity index (χ1v) is 32.7. The van der Waals surface area contributed by atoms with Gasteiger partial charge in [-0.1, -0.05) is 92.7 Å². The van der Waals surface area contributed by atoms with Crippen LogP contribution in [0.1, 0.15) is 131 Å². The number of fused-ring (bicyclic) bond motifs is 8. The van der Waals surface area contributed by atoms with Gasteiger partial charge < -0.3 is 72.7 Å². The molecule has 1 amide bonds. The van der Waals surface area contributed by atoms with Crippen molar-refractivity contribution in [2.75, 3.05) is 34.2 Å². The van der Waals surface area contributed by atoms with Gasteiger partial charge in [-0.2, -0.15) is 0 Å². The van der Waals surface area contributed by atoms with Gasteiger partial charge in [0.2, 0.25) is 18.6 Å². The fraction of sp³-hybridized carbons (Fsp3) is 0.382. The number of cyclic esters (lactones) is 1. The standard InChI is InChI=1S/C76H74N2O22/c1-38-54(33-76(89)67(99-70(86)44-22-16-11-17-23-44)65-74(6,55(81)32-56-75(65,36-93-56)100-40(3)80)66(83)63(96-39(2)79)59(38)73(76,4)5)97-72(88)64(60(42-18-12-9-13-19-42)78-68(84)43-20-14-10-15-21-43)98-69(85)45-26-24-41(25-27-45)34-77-61-48-31-51-50(94-37-95-51)30-47(48)57(58-49(61)35-92-71(58)87)46-28-52(90-7)62(82)53(29-46)91-8/h9-31,34,49,54-58,60-61,63-65,67,81-82,89H,32-33,35-37H2,1-8H3,(H,78,84)/t49-,54-,55-,56+,57+,58-,60-,61+,63+,64+,65?,67-,74+,75-,76+/m0/s1. The van der Waals surface area contributed by atoms with E-state index in [2.05, 4.69) is 5.32 Å². The lowest BCUT2D eigenvalue weighted by atomic mass is 9.44. The maximum absolute atomic E-state index is 16.0. The molecule has 4 aliphatic carbocycles. The van der Waals surface area contributed by atoms with Crippen LogP contribution in [-0.2, 0) is 57.1 Å². The molecule has 15 atom stereocenters. The van der Waals surface area contributed by atoms with Crippen molar-refractivity contribution in [3.8, 4) is 28.7 Å². The van der Waals surface area contributed by atoms with Gasteiger partial charge in [0.1, 0.15) is 30.0 Å². The summed E-state index contributed by atoms with van der Waals surface area (Å²) in [5.41, 5.74) is -5.53. The van der Waals surface area contributed by atoms with Crippen molar-refractivity contribution in [1.29, 1.82) is 0 Å². The number of esters is 6. The highest BCUT2D eigenvalue weighted by Crippen LogP contribution is 2.65. The summed E-state index contributed by atoms with van der Waals surface area (Å²) in [5, 5.41) is 40.4. The molecule has 7 aliphatic rings. The largest absolute Gasteiger partial charge is 0.502 e. The van der Waals surface area contributed by atoms with Gasteiger partial charge in [-0.15, -0.1) is 0 Å². The van der Waals surface area contributed by atoms with Crippen molar-refractivity contribution in [3.63, 3.8) is 0 Å². The average Bonchev–Trinajstić information content (AvgIpc) is 0.854. The Balaban J connectivity index is 0.876. The number of carbonyl (C=O) groups is 8. The van der Waals surface area contributed by atoms with Crippen LogP contribution in [0.5, 0.6) is 28.7 Å². The summed E-state index contributed by atoms with van der Waals surface area (Å²) in [7, 11) is 2.82. The molecule has 0 aromatic heterocycles. The Hall–Kier alpha value is -10.4. The first-order chi connectivity index (χ1) is 47.8. The molecule has 0 radical (unpaired) electrons. The van der Waals surface area contributed by atoms with E-state index in [-0.39, 0.29) is 77.1 Å². The Bertz CT molecular complexity index is 4300. The Labute approximate surface area is 574 Å². The quantitative estimate of drug-likeness (QED) is 0.0289. The molecule has 13 rings (SSSR count). The van der Waals surface area contributed by atoms with Gasteiger partial charge in [-0.05, 0) is 113 Å². The van der Waals surface area contributed by atoms with Gasteiger partial charge in [0.25, 0.3) is 5.91 Å². The molecule has 3 aliphatic heterocycles. The fourth-order valence-corrected chi connectivity index (χ4v) is 16.2. The summed E-state index contributed by atoms with van der Waals surface area (Å²) >= 11 is 0. The number of amides is 1. The van der Waals surface area contributed by atoms with Gasteiger partial charge in [-0.3, -0.25) is 29.0 Å². The van der Waals surface area contributed by atoms with E-state index in [1.54, 1.807) is 109 Å². The molecule has 24 nitrogen and oxygen atoms in total. The molecular weight excluding hydrogens is 1290 g/mol. The van der Waals surface area contributed by atoms with Crippen molar-refractivity contribution in [1.82, 2.24) is 5.32 Å². The highest BCUT2D eigenvalue weighted by Gasteiger charge is 2.78. The number of phenolic OH excluding ortho intramolecular Hbond substituents is 1. The van der Waals surface area contributed by atoms with E-state index in [4.69, 9.17) is 57.1 Å². The van der Waals surface area contributed by atoms with E-state index in [9.17, 15) is 39.3 Å². The van der Waals surface area contributed by atoms with Gasteiger partial charge in [0.15, 0.2) is 40.5 Å². The van der Waals surface area contributed by atoms with Crippen molar-refractivity contribution in [2.24, 2.45) is 33.6 Å². The summed E-state index contributed by atoms with van der Waals surface area (Å²) in [6, 6.07) is 34.7. The van der Waals surface area contributed by atoms with Crippen LogP contribution in [0.3, 0.4) is 0 Å². The SMILES string of the molecule is COc1cc([C@@H]2c3cc4c(cc3[C@@H](N=Cc3ccc(C(=O)O[C@@H](C(=O)O[C@H]5C[C@@]6(O)[C@@H](OC(=O)c7ccccc7)C7[C@](C)(C(=O)[C@H](OC(C)=O)C(=C5C)C6(C)C)[C@@H](O)C[C@H]5OC[C@@]75OC(C)=O)[C@@H](NC(=O)c5ccccc5)c5ccccc5)cc3)[C@H]3COC(=O)[C@H]23)OCO4)cc(OC)c1O. The van der Waals surface area contributed by atoms with Crippen LogP contribution in [0.15, 0.2) is 156 Å². The molecule has 6 aromatic carbocycles. The number of methoxy groups -OCH3 is 2. The maximum Gasteiger partial charge on any atom is 0.350 e. The second kappa shape index (κ2) is 26.3. The van der Waals surface area contributed by atoms with Crippen LogP contribution in [0.25, 0.3) is 0 Å². The minimum atomic E-state index is -2.54. The number of nitrogens with one attached hydrogen (secondary N) is 1. The highest BCUT2D eigenvalue weighted by molar-refractivity contribution is 5.97. The van der Waals surface area contributed by atoms with Crippen molar-refractivity contribution in [2.45, 2.75) is 120 Å². The normalized spacial score (nSPS) is 28.7. The van der Waals surface area contributed by atoms with E-state index in [0.29, 0.717) is 33.8 Å². The molecule has 3 heterocycles. The minimum absolute atomic E-state index is 0.0149. The van der Waals surface area contributed by atoms with Crippen LogP contribution in [0.4, 0.5) is 0 Å². The van der Waals surface area contributed by atoms with Crippen LogP contribution in [-0.4, -0.2) is 151 Å². The van der Waals surface area contributed by atoms with E-state index >= 15 is 14.4 Å². The van der Waals surface area contributed by atoms with Crippen LogP contribution in [0, 0.1) is 28.6 Å². The summed E-state index contributed by atoms with van der Waals surface area (Å²) in [4.78, 5) is 122. The van der Waals surface area contributed by atoms with Gasteiger partial charge in [0.05, 0.1) is 68.0 Å². The predicted octanol–water partition coefficient (Wildman–Crippen LogP) is 8.15. The smallest absolute Gasteiger partial charge is 0.350 e. The third kappa shape index (κ3) is 11.5. The zero-order chi connectivity index (χ0) is 70.9. The number of aliphatic hydroxyl groups excluding tert-OH is 1. The summed E-state index contributed by atoms with van der Waals surface area (Å²) in [6.07, 6.45) is -9.76. The number of aliphatic imine (C=N–C) groups is 1. The number of hydrogen-bond acceptors (Lipinski definition) is 23. The number of benzene rings is 6. The van der Waals surface area contributed by atoms with Crippen LogP contribution >= 0.6 is 0 Å². The van der Waals surface area contributed by atoms with Crippen LogP contribution < -0.4 is 24.3 Å². The third-order valence-corrected chi connectivity index (χ3v) is 21.2. The molecule has 4 N–H and O–H groups in total. The van der Waals surface area contributed by atoms with Gasteiger partial charge >= 0.3 is 35.8 Å². The minimum Gasteiger partial charge on any atom is -0.502 e. The molecular formula is C76H74N2O22. The number of ether oxygens (including phenoxy) is 11. The molecule has 2 saturated heterocycles. The fourth-order valence-electron chi connectivity index (χ4n) is 16.2. The summed E-state index contributed by atoms with van der Waals surface area (Å²) < 4.78 is 66.2.